The largest absolute Gasteiger partial charge is 0.420 e. The third-order valence-corrected chi connectivity index (χ3v) is 2.40. The van der Waals surface area contributed by atoms with Crippen LogP contribution in [0.1, 0.15) is 20.3 Å². The topological polar surface area (TPSA) is 79.2 Å². The number of alkyl halides is 3. The third-order valence-electron chi connectivity index (χ3n) is 2.40. The molecule has 0 amide bonds. The summed E-state index contributed by atoms with van der Waals surface area (Å²) in [5.41, 5.74) is -3.17. The predicted molar refractivity (Wildman–Crippen MR) is 48.8 cm³/mol. The van der Waals surface area contributed by atoms with Gasteiger partial charge in [0.2, 0.25) is 0 Å². The van der Waals surface area contributed by atoms with Gasteiger partial charge in [0.05, 0.1) is 6.61 Å². The Kier molecular flexibility index (Phi) is 3.76. The van der Waals surface area contributed by atoms with Gasteiger partial charge in [-0.1, -0.05) is 0 Å². The zero-order valence-electron chi connectivity index (χ0n) is 9.36. The van der Waals surface area contributed by atoms with Crippen molar-refractivity contribution in [3.8, 4) is 0 Å². The van der Waals surface area contributed by atoms with E-state index in [1.165, 1.54) is 13.8 Å². The van der Waals surface area contributed by atoms with E-state index in [9.17, 15) is 23.4 Å². The van der Waals surface area contributed by atoms with Gasteiger partial charge in [0.25, 0.3) is 0 Å². The van der Waals surface area contributed by atoms with Crippen LogP contribution in [0.2, 0.25) is 0 Å². The van der Waals surface area contributed by atoms with E-state index in [1.807, 2.05) is 0 Å². The number of aliphatic hydroxyl groups is 3. The molecule has 0 saturated carbocycles. The molecule has 0 aromatic carbocycles. The van der Waals surface area contributed by atoms with Crippen LogP contribution in [0.4, 0.5) is 13.2 Å². The molecule has 0 unspecified atom stereocenters. The van der Waals surface area contributed by atoms with Gasteiger partial charge in [-0.15, -0.1) is 0 Å². The summed E-state index contributed by atoms with van der Waals surface area (Å²) in [4.78, 5) is 0. The Morgan fingerprint density at radius 2 is 1.94 bits per heavy atom. The van der Waals surface area contributed by atoms with E-state index in [0.29, 0.717) is 0 Å². The highest BCUT2D eigenvalue weighted by Gasteiger charge is 2.64. The van der Waals surface area contributed by atoms with Crippen molar-refractivity contribution in [2.45, 2.75) is 50.2 Å². The Labute approximate surface area is 95.8 Å². The molecule has 1 rings (SSSR count). The maximum atomic E-state index is 12.6. The second kappa shape index (κ2) is 4.36. The fourth-order valence-corrected chi connectivity index (χ4v) is 1.61. The van der Waals surface area contributed by atoms with Crippen molar-refractivity contribution in [3.05, 3.63) is 0 Å². The summed E-state index contributed by atoms with van der Waals surface area (Å²) < 4.78 is 47.4. The van der Waals surface area contributed by atoms with Crippen LogP contribution < -0.4 is 0 Å². The number of halogens is 3. The predicted octanol–water partition coefficient (Wildman–Crippen LogP) is 0.132. The molecule has 3 N–H and O–H groups in total. The molecule has 0 aromatic heterocycles. The van der Waals surface area contributed by atoms with Crippen LogP contribution in [0.25, 0.3) is 0 Å². The first kappa shape index (κ1) is 14.7. The molecule has 0 spiro atoms. The van der Waals surface area contributed by atoms with Crippen molar-refractivity contribution in [1.82, 2.24) is 0 Å². The summed E-state index contributed by atoms with van der Waals surface area (Å²) in [5, 5.41) is 27.5. The molecule has 0 bridgehead atoms. The third kappa shape index (κ3) is 3.08. The van der Waals surface area contributed by atoms with Crippen LogP contribution in [0.5, 0.6) is 0 Å². The van der Waals surface area contributed by atoms with Gasteiger partial charge in [0, 0.05) is 6.42 Å². The molecule has 3 atom stereocenters. The van der Waals surface area contributed by atoms with Gasteiger partial charge in [0.1, 0.15) is 6.10 Å². The first-order chi connectivity index (χ1) is 7.49. The maximum Gasteiger partial charge on any atom is 0.420 e. The fraction of sp³-hybridized carbons (Fsp3) is 1.00. The minimum atomic E-state index is -4.95. The van der Waals surface area contributed by atoms with Crippen molar-refractivity contribution in [2.24, 2.45) is 0 Å². The van der Waals surface area contributed by atoms with Crippen LogP contribution in [0, 0.1) is 0 Å². The minimum Gasteiger partial charge on any atom is -0.394 e. The summed E-state index contributed by atoms with van der Waals surface area (Å²) >= 11 is 0. The molecule has 0 aliphatic carbocycles. The second-order valence-corrected chi connectivity index (χ2v) is 4.43. The monoisotopic (exact) mass is 260 g/mol. The van der Waals surface area contributed by atoms with E-state index in [1.54, 1.807) is 0 Å². The lowest BCUT2D eigenvalue weighted by molar-refractivity contribution is -0.280. The molecule has 1 aliphatic rings. The zero-order valence-corrected chi connectivity index (χ0v) is 9.36. The molecule has 1 aliphatic heterocycles. The van der Waals surface area contributed by atoms with E-state index < -0.39 is 43.0 Å². The molecule has 1 heterocycles. The first-order valence-electron chi connectivity index (χ1n) is 4.95. The lowest BCUT2D eigenvalue weighted by atomic mass is 9.95. The summed E-state index contributed by atoms with van der Waals surface area (Å²) in [5.74, 6) is -1.69. The molecular weight excluding hydrogens is 245 g/mol. The number of hydrogen-bond donors (Lipinski definition) is 3. The Balaban J connectivity index is 2.82. The van der Waals surface area contributed by atoms with Crippen LogP contribution in [0.3, 0.4) is 0 Å². The highest BCUT2D eigenvalue weighted by atomic mass is 19.4. The Bertz CT molecular complexity index is 275. The Hall–Kier alpha value is -0.410. The van der Waals surface area contributed by atoms with Crippen molar-refractivity contribution < 1.29 is 38.0 Å². The molecule has 102 valence electrons. The summed E-state index contributed by atoms with van der Waals surface area (Å²) in [6.07, 6.45) is -9.10. The van der Waals surface area contributed by atoms with Gasteiger partial charge in [0.15, 0.2) is 17.7 Å². The van der Waals surface area contributed by atoms with E-state index in [2.05, 4.69) is 0 Å². The maximum absolute atomic E-state index is 12.6. The van der Waals surface area contributed by atoms with Crippen molar-refractivity contribution in [1.29, 1.82) is 0 Å². The SMILES string of the molecule is CC(C)(O)O[C@@H]1C[C@@](O)(C(F)(F)F)[C@@H](CO)O1. The second-order valence-electron chi connectivity index (χ2n) is 4.43. The highest BCUT2D eigenvalue weighted by molar-refractivity contribution is 4.99. The van der Waals surface area contributed by atoms with Gasteiger partial charge in [-0.2, -0.15) is 13.2 Å². The molecule has 5 nitrogen and oxygen atoms in total. The molecular formula is C9H15F3O5. The quantitative estimate of drug-likeness (QED) is 0.629. The van der Waals surface area contributed by atoms with Crippen LogP contribution in [-0.4, -0.2) is 51.9 Å². The molecule has 1 fully saturated rings. The van der Waals surface area contributed by atoms with Gasteiger partial charge in [-0.3, -0.25) is 0 Å². The van der Waals surface area contributed by atoms with Crippen molar-refractivity contribution >= 4 is 0 Å². The van der Waals surface area contributed by atoms with Crippen LogP contribution >= 0.6 is 0 Å². The summed E-state index contributed by atoms with van der Waals surface area (Å²) in [6, 6.07) is 0. The van der Waals surface area contributed by atoms with Gasteiger partial charge < -0.3 is 24.8 Å². The summed E-state index contributed by atoms with van der Waals surface area (Å²) in [6.45, 7) is 1.44. The van der Waals surface area contributed by atoms with Gasteiger partial charge >= 0.3 is 6.18 Å². The van der Waals surface area contributed by atoms with Crippen LogP contribution in [-0.2, 0) is 9.47 Å². The standard InChI is InChI=1S/C9H15F3O5/c1-7(2,14)17-6-3-8(15,9(10,11)12)5(4-13)16-6/h5-6,13-15H,3-4H2,1-2H3/t5-,6-,8+/m1/s1. The molecule has 0 aromatic rings. The van der Waals surface area contributed by atoms with E-state index in [-0.39, 0.29) is 0 Å². The van der Waals surface area contributed by atoms with E-state index >= 15 is 0 Å². The van der Waals surface area contributed by atoms with Gasteiger partial charge in [-0.05, 0) is 13.8 Å². The molecule has 0 radical (unpaired) electrons. The summed E-state index contributed by atoms with van der Waals surface area (Å²) in [7, 11) is 0. The fourth-order valence-electron chi connectivity index (χ4n) is 1.61. The Morgan fingerprint density at radius 3 is 2.24 bits per heavy atom. The average Bonchev–Trinajstić information content (AvgIpc) is 2.39. The normalized spacial score (nSPS) is 35.3. The van der Waals surface area contributed by atoms with Crippen LogP contribution in [0.15, 0.2) is 0 Å². The lowest BCUT2D eigenvalue weighted by Crippen LogP contribution is -2.52. The molecule has 8 heteroatoms. The smallest absolute Gasteiger partial charge is 0.394 e. The lowest BCUT2D eigenvalue weighted by Gasteiger charge is -2.28. The number of aliphatic hydroxyl groups excluding tert-OH is 1. The Morgan fingerprint density at radius 1 is 1.41 bits per heavy atom. The van der Waals surface area contributed by atoms with E-state index in [4.69, 9.17) is 14.6 Å². The van der Waals surface area contributed by atoms with E-state index in [0.717, 1.165) is 0 Å². The van der Waals surface area contributed by atoms with Gasteiger partial charge in [-0.25, -0.2) is 0 Å². The van der Waals surface area contributed by atoms with Crippen molar-refractivity contribution in [3.63, 3.8) is 0 Å². The zero-order chi connectivity index (χ0) is 13.5. The number of rotatable bonds is 3. The minimum absolute atomic E-state index is 0.897. The average molecular weight is 260 g/mol. The number of ether oxygens (including phenoxy) is 2. The highest BCUT2D eigenvalue weighted by Crippen LogP contribution is 2.44. The number of hydrogen-bond acceptors (Lipinski definition) is 5. The van der Waals surface area contributed by atoms with Crippen molar-refractivity contribution in [2.75, 3.05) is 6.61 Å². The molecule has 17 heavy (non-hydrogen) atoms. The first-order valence-corrected chi connectivity index (χ1v) is 4.95. The molecule has 1 saturated heterocycles.